The zero-order chi connectivity index (χ0) is 58.3. The number of nitrogens with one attached hydrogen (secondary N) is 8. The van der Waals surface area contributed by atoms with Gasteiger partial charge in [-0.3, -0.25) is 0 Å². The maximum atomic E-state index is 13.5. The fourth-order valence-corrected chi connectivity index (χ4v) is 14.2. The minimum atomic E-state index is -0.830. The topological polar surface area (TPSA) is 121 Å². The number of rotatable bonds is 5. The first-order valence-corrected chi connectivity index (χ1v) is 31.6. The normalized spacial score (nSPS) is 17.8. The number of hydrogen-bond donors (Lipinski definition) is 8. The Morgan fingerprint density at radius 1 is 0.376 bits per heavy atom. The van der Waals surface area contributed by atoms with E-state index in [1.54, 1.807) is 13.2 Å². The van der Waals surface area contributed by atoms with Crippen LogP contribution >= 0.6 is 71.0 Å². The number of H-pyrrole nitrogens is 4. The summed E-state index contributed by atoms with van der Waals surface area (Å²) in [6.07, 6.45) is 4.03. The van der Waals surface area contributed by atoms with Crippen molar-refractivity contribution in [2.75, 3.05) is 33.3 Å². The molecule has 8 aromatic carbocycles. The van der Waals surface area contributed by atoms with E-state index in [1.807, 2.05) is 36.4 Å². The van der Waals surface area contributed by atoms with Crippen molar-refractivity contribution in [2.45, 2.75) is 49.9 Å². The molecule has 4 aliphatic rings. The predicted octanol–water partition coefficient (Wildman–Crippen LogP) is 17.5. The third-order valence-electron chi connectivity index (χ3n) is 16.7. The van der Waals surface area contributed by atoms with Gasteiger partial charge in [0.15, 0.2) is 11.6 Å². The Bertz CT molecular complexity index is 4410. The first-order valence-electron chi connectivity index (χ1n) is 28.5. The van der Waals surface area contributed by atoms with Crippen LogP contribution in [0.4, 0.5) is 8.78 Å². The number of aromatic amines is 4. The molecule has 4 aliphatic heterocycles. The molecule has 4 atom stereocenters. The second-order valence-electron chi connectivity index (χ2n) is 21.8. The van der Waals surface area contributed by atoms with Gasteiger partial charge in [0.05, 0.1) is 31.3 Å². The molecule has 8 heterocycles. The van der Waals surface area contributed by atoms with E-state index < -0.39 is 11.6 Å². The van der Waals surface area contributed by atoms with Crippen molar-refractivity contribution < 1.29 is 13.5 Å². The Morgan fingerprint density at radius 3 is 1.19 bits per heavy atom. The molecule has 0 aliphatic carbocycles. The van der Waals surface area contributed by atoms with Gasteiger partial charge in [0.1, 0.15) is 5.75 Å². The fourth-order valence-electron chi connectivity index (χ4n) is 12.8. The van der Waals surface area contributed by atoms with Crippen molar-refractivity contribution in [1.82, 2.24) is 41.2 Å². The summed E-state index contributed by atoms with van der Waals surface area (Å²) >= 11 is 23.0. The number of methoxy groups -OCH3 is 1. The third-order valence-corrected chi connectivity index (χ3v) is 18.6. The molecule has 0 bridgehead atoms. The third kappa shape index (κ3) is 11.9. The number of fused-ring (bicyclic) bond motifs is 12. The standard InChI is InChI=1S/C18H17BrN2O.C17H14Br2N2.C17H13ClF2N2.C17H15ClN2/c1-22-13-5-2-11(3-6-13)17-18-14(8-9-20-17)15-10-12(19)4-7-16(15)21-18;18-11-3-1-2-10(8-11)16-17-13(6-7-20-16)14-9-12(19)4-5-15(14)21-17;18-10-2-4-15-12(8-10)11-5-6-21-16(17(11)22-15)9-1-3-13(19)14(20)7-9;18-12-6-7-15-14(10-12)13-8-9-19-16(17(13)20-15)11-4-2-1-3-5-11/h2-7,10,17,20-21H,8-9H2,1H3;1-5,8-9,16,20-21H,6-7H2;1-4,7-8,16,21-22H,5-6H2;1-7,10,16,19-20H,8-9H2. The van der Waals surface area contributed by atoms with Crippen molar-refractivity contribution in [3.05, 3.63) is 272 Å². The van der Waals surface area contributed by atoms with E-state index in [-0.39, 0.29) is 24.2 Å². The molecule has 0 fully saturated rings. The maximum absolute atomic E-state index is 13.5. The van der Waals surface area contributed by atoms with Crippen LogP contribution < -0.4 is 26.0 Å². The summed E-state index contributed by atoms with van der Waals surface area (Å²) in [5.74, 6) is -0.769. The lowest BCUT2D eigenvalue weighted by molar-refractivity contribution is 0.414. The van der Waals surface area contributed by atoms with Crippen LogP contribution in [0.1, 0.15) is 91.5 Å². The highest BCUT2D eigenvalue weighted by Crippen LogP contribution is 2.40. The Labute approximate surface area is 526 Å². The average Bonchev–Trinajstić information content (AvgIpc) is 2.32. The highest BCUT2D eigenvalue weighted by Gasteiger charge is 2.29. The number of aromatic nitrogens is 4. The van der Waals surface area contributed by atoms with Crippen LogP contribution in [0.25, 0.3) is 43.6 Å². The van der Waals surface area contributed by atoms with E-state index in [1.165, 1.54) is 101 Å². The molecule has 4 aromatic heterocycles. The van der Waals surface area contributed by atoms with Gasteiger partial charge in [0.25, 0.3) is 0 Å². The summed E-state index contributed by atoms with van der Waals surface area (Å²) in [5, 5.41) is 20.7. The largest absolute Gasteiger partial charge is 0.497 e. The van der Waals surface area contributed by atoms with Crippen molar-refractivity contribution in [2.24, 2.45) is 0 Å². The molecule has 12 aromatic rings. The number of halogens is 7. The van der Waals surface area contributed by atoms with Gasteiger partial charge in [0.2, 0.25) is 0 Å². The van der Waals surface area contributed by atoms with Gasteiger partial charge >= 0.3 is 0 Å². The zero-order valence-corrected chi connectivity index (χ0v) is 52.5. The molecule has 430 valence electrons. The zero-order valence-electron chi connectivity index (χ0n) is 46.2. The summed E-state index contributed by atoms with van der Waals surface area (Å²) in [4.78, 5) is 14.2. The number of hydrogen-bond acceptors (Lipinski definition) is 5. The summed E-state index contributed by atoms with van der Waals surface area (Å²) in [6.45, 7) is 3.76. The van der Waals surface area contributed by atoms with Crippen LogP contribution in [0, 0.1) is 11.6 Å². The first kappa shape index (κ1) is 57.5. The lowest BCUT2D eigenvalue weighted by Crippen LogP contribution is -2.30. The van der Waals surface area contributed by atoms with Crippen LogP contribution in [-0.4, -0.2) is 53.2 Å². The average molecular weight is 1360 g/mol. The van der Waals surface area contributed by atoms with E-state index in [0.717, 1.165) is 92.6 Å². The number of ether oxygens (including phenoxy) is 1. The predicted molar refractivity (Wildman–Crippen MR) is 353 cm³/mol. The second kappa shape index (κ2) is 25.0. The molecule has 0 radical (unpaired) electrons. The Kier molecular flexibility index (Phi) is 16.9. The van der Waals surface area contributed by atoms with Gasteiger partial charge < -0.3 is 45.9 Å². The smallest absolute Gasteiger partial charge is 0.159 e. The molecule has 0 saturated carbocycles. The van der Waals surface area contributed by atoms with E-state index in [2.05, 4.69) is 204 Å². The summed E-state index contributed by atoms with van der Waals surface area (Å²) in [6, 6.07) is 56.6. The Balaban J connectivity index is 0.000000105. The molecule has 0 amide bonds. The minimum absolute atomic E-state index is 0.176. The van der Waals surface area contributed by atoms with Gasteiger partial charge in [-0.2, -0.15) is 0 Å². The molecule has 9 nitrogen and oxygen atoms in total. The molecular weight excluding hydrogens is 1310 g/mol. The van der Waals surface area contributed by atoms with Crippen molar-refractivity contribution >= 4 is 115 Å². The van der Waals surface area contributed by atoms with Gasteiger partial charge in [0, 0.05) is 116 Å². The summed E-state index contributed by atoms with van der Waals surface area (Å²) in [5.41, 5.74) is 19.4. The van der Waals surface area contributed by atoms with Gasteiger partial charge in [-0.25, -0.2) is 8.78 Å². The van der Waals surface area contributed by atoms with Crippen LogP contribution in [0.3, 0.4) is 0 Å². The molecular formula is C69H59Br3Cl2F2N8O. The lowest BCUT2D eigenvalue weighted by Gasteiger charge is -2.25. The minimum Gasteiger partial charge on any atom is -0.497 e. The van der Waals surface area contributed by atoms with Crippen molar-refractivity contribution in [1.29, 1.82) is 0 Å². The second-order valence-corrected chi connectivity index (χ2v) is 25.4. The SMILES string of the molecule is Brc1cccc(C2NCCc3c2[nH]c2ccc(Br)cc32)c1.COc1ccc(C2NCCc3c2[nH]c2ccc(Br)cc32)cc1.Clc1ccc2[nH]c3c(c2c1)CCNC3c1ccccc1.Fc1ccc(C2NCCc3c2[nH]c2ccc(Cl)cc32)cc1F. The van der Waals surface area contributed by atoms with Crippen LogP contribution in [0.2, 0.25) is 10.0 Å². The monoisotopic (exact) mass is 1360 g/mol. The van der Waals surface area contributed by atoms with Gasteiger partial charge in [-0.1, -0.05) is 132 Å². The van der Waals surface area contributed by atoms with Crippen LogP contribution in [0.5, 0.6) is 5.75 Å². The Morgan fingerprint density at radius 2 is 0.753 bits per heavy atom. The molecule has 16 heteroatoms. The molecule has 85 heavy (non-hydrogen) atoms. The fraction of sp³-hybridized carbons (Fsp3) is 0.188. The highest BCUT2D eigenvalue weighted by atomic mass is 79.9. The van der Waals surface area contributed by atoms with E-state index in [0.29, 0.717) is 10.6 Å². The maximum Gasteiger partial charge on any atom is 0.159 e. The van der Waals surface area contributed by atoms with Gasteiger partial charge in [-0.15, -0.1) is 0 Å². The van der Waals surface area contributed by atoms with E-state index >= 15 is 0 Å². The number of benzene rings is 8. The summed E-state index contributed by atoms with van der Waals surface area (Å²) in [7, 11) is 1.70. The molecule has 8 N–H and O–H groups in total. The lowest BCUT2D eigenvalue weighted by atomic mass is 9.94. The molecule has 0 spiro atoms. The van der Waals surface area contributed by atoms with Crippen LogP contribution in [-0.2, 0) is 25.7 Å². The van der Waals surface area contributed by atoms with Crippen LogP contribution in [0.15, 0.2) is 183 Å². The molecule has 0 saturated heterocycles. The van der Waals surface area contributed by atoms with Crippen molar-refractivity contribution in [3.63, 3.8) is 0 Å². The van der Waals surface area contributed by atoms with E-state index in [4.69, 9.17) is 27.9 Å². The molecule has 16 rings (SSSR count). The Hall–Kier alpha value is -6.56. The van der Waals surface area contributed by atoms with Gasteiger partial charge in [-0.05, 0) is 179 Å². The van der Waals surface area contributed by atoms with Crippen molar-refractivity contribution in [3.8, 4) is 5.75 Å². The first-order chi connectivity index (χ1) is 41.4. The summed E-state index contributed by atoms with van der Waals surface area (Å²) < 4.78 is 35.3. The van der Waals surface area contributed by atoms with E-state index in [9.17, 15) is 8.78 Å². The highest BCUT2D eigenvalue weighted by molar-refractivity contribution is 9.11. The molecule has 4 unspecified atom stereocenters. The quantitative estimate of drug-likeness (QED) is 0.0873.